The van der Waals surface area contributed by atoms with Crippen LogP contribution in [-0.4, -0.2) is 28.6 Å². The van der Waals surface area contributed by atoms with Crippen molar-refractivity contribution in [3.63, 3.8) is 0 Å². The standard InChI is InChI=1S/C26H28BrClFN3O3Si/c1-14(2)36(15(3)4,16(5)6)11-10-21-19-13-22(32(34)35)23(24(27)25(19)30-31(21)7)26(33)18-12-17(29)8-9-20(18)28/h8-9,12-16H,1-7H3. The molecule has 0 spiro atoms. The summed E-state index contributed by atoms with van der Waals surface area (Å²) < 4.78 is 15.6. The average Bonchev–Trinajstić information content (AvgIpc) is 3.10. The Kier molecular flexibility index (Phi) is 8.13. The number of hydrogen-bond acceptors (Lipinski definition) is 4. The lowest BCUT2D eigenvalue weighted by Gasteiger charge is -2.38. The number of nitro benzene ring substituents is 1. The number of benzene rings is 2. The van der Waals surface area contributed by atoms with E-state index in [0.29, 0.717) is 33.2 Å². The monoisotopic (exact) mass is 591 g/mol. The molecule has 36 heavy (non-hydrogen) atoms. The molecule has 3 aromatic rings. The molecule has 190 valence electrons. The third kappa shape index (κ3) is 4.74. The number of carbonyl (C=O) groups excluding carboxylic acids is 1. The lowest BCUT2D eigenvalue weighted by molar-refractivity contribution is -0.385. The molecule has 0 amide bonds. The Labute approximate surface area is 224 Å². The van der Waals surface area contributed by atoms with Gasteiger partial charge in [-0.2, -0.15) is 5.10 Å². The molecule has 3 rings (SSSR count). The predicted octanol–water partition coefficient (Wildman–Crippen LogP) is 7.84. The maximum atomic E-state index is 13.9. The molecule has 1 aromatic heterocycles. The molecular formula is C26H28BrClFN3O3Si. The Morgan fingerprint density at radius 2 is 1.75 bits per heavy atom. The van der Waals surface area contributed by atoms with Gasteiger partial charge in [0.05, 0.1) is 14.4 Å². The van der Waals surface area contributed by atoms with E-state index in [-0.39, 0.29) is 20.6 Å². The number of fused-ring (bicyclic) bond motifs is 1. The van der Waals surface area contributed by atoms with Crippen LogP contribution in [0.5, 0.6) is 0 Å². The normalized spacial score (nSPS) is 11.9. The molecule has 0 bridgehead atoms. The van der Waals surface area contributed by atoms with Gasteiger partial charge in [0, 0.05) is 24.1 Å². The van der Waals surface area contributed by atoms with E-state index in [1.165, 1.54) is 12.1 Å². The molecule has 10 heteroatoms. The van der Waals surface area contributed by atoms with Crippen molar-refractivity contribution in [3.8, 4) is 11.5 Å². The third-order valence-electron chi connectivity index (χ3n) is 6.91. The highest BCUT2D eigenvalue weighted by atomic mass is 79.9. The van der Waals surface area contributed by atoms with E-state index >= 15 is 0 Å². The summed E-state index contributed by atoms with van der Waals surface area (Å²) in [7, 11) is -0.361. The van der Waals surface area contributed by atoms with Crippen LogP contribution < -0.4 is 0 Å². The summed E-state index contributed by atoms with van der Waals surface area (Å²) in [6, 6.07) is 4.64. The fourth-order valence-corrected chi connectivity index (χ4v) is 11.3. The van der Waals surface area contributed by atoms with Gasteiger partial charge in [-0.3, -0.25) is 19.6 Å². The number of halogens is 3. The van der Waals surface area contributed by atoms with E-state index in [1.54, 1.807) is 11.7 Å². The maximum absolute atomic E-state index is 13.9. The minimum Gasteiger partial charge on any atom is -0.288 e. The molecule has 0 N–H and O–H groups in total. The quantitative estimate of drug-likeness (QED) is 0.0960. The fraction of sp³-hybridized carbons (Fsp3) is 0.385. The largest absolute Gasteiger partial charge is 0.288 e. The van der Waals surface area contributed by atoms with Crippen LogP contribution in [0.1, 0.15) is 63.2 Å². The molecular weight excluding hydrogens is 565 g/mol. The number of carbonyl (C=O) groups is 1. The van der Waals surface area contributed by atoms with Gasteiger partial charge in [-0.15, -0.1) is 5.54 Å². The van der Waals surface area contributed by atoms with E-state index in [4.69, 9.17) is 11.6 Å². The zero-order valence-electron chi connectivity index (χ0n) is 21.2. The number of aryl methyl sites for hydroxylation is 1. The van der Waals surface area contributed by atoms with E-state index in [9.17, 15) is 19.3 Å². The first-order chi connectivity index (χ1) is 16.7. The molecule has 0 aliphatic heterocycles. The Morgan fingerprint density at radius 3 is 2.28 bits per heavy atom. The summed E-state index contributed by atoms with van der Waals surface area (Å²) in [5.41, 5.74) is 4.90. The third-order valence-corrected chi connectivity index (χ3v) is 14.3. The van der Waals surface area contributed by atoms with E-state index < -0.39 is 30.3 Å². The maximum Gasteiger partial charge on any atom is 0.282 e. The summed E-state index contributed by atoms with van der Waals surface area (Å²) in [6.07, 6.45) is 0. The van der Waals surface area contributed by atoms with E-state index in [2.05, 4.69) is 74.0 Å². The summed E-state index contributed by atoms with van der Waals surface area (Å²) in [5, 5.41) is 17.1. The smallest absolute Gasteiger partial charge is 0.282 e. The zero-order chi connectivity index (χ0) is 27.1. The second-order valence-electron chi connectivity index (χ2n) is 9.81. The lowest BCUT2D eigenvalue weighted by atomic mass is 9.99. The van der Waals surface area contributed by atoms with Gasteiger partial charge in [-0.1, -0.05) is 59.1 Å². The van der Waals surface area contributed by atoms with Crippen molar-refractivity contribution in [2.45, 2.75) is 58.2 Å². The topological polar surface area (TPSA) is 78.0 Å². The number of nitro groups is 1. The first-order valence-corrected chi connectivity index (χ1v) is 15.0. The SMILES string of the molecule is CC(C)[Si](C#Cc1c2cc([N+](=O)[O-])c(C(=O)c3cc(F)ccc3Cl)c(Br)c2nn1C)(C(C)C)C(C)C. The number of hydrogen-bond donors (Lipinski definition) is 0. The van der Waals surface area contributed by atoms with Crippen molar-refractivity contribution in [3.05, 3.63) is 66.5 Å². The molecule has 0 fully saturated rings. The molecule has 2 aromatic carbocycles. The van der Waals surface area contributed by atoms with Crippen LogP contribution >= 0.6 is 27.5 Å². The van der Waals surface area contributed by atoms with Gasteiger partial charge in [0.25, 0.3) is 5.69 Å². The summed E-state index contributed by atoms with van der Waals surface area (Å²) in [4.78, 5) is 24.8. The number of aromatic nitrogens is 2. The van der Waals surface area contributed by atoms with Gasteiger partial charge in [0.15, 0.2) is 0 Å². The van der Waals surface area contributed by atoms with Crippen molar-refractivity contribution in [2.24, 2.45) is 7.05 Å². The average molecular weight is 593 g/mol. The number of nitrogens with zero attached hydrogens (tertiary/aromatic N) is 3. The van der Waals surface area contributed by atoms with Crippen LogP contribution in [0, 0.1) is 27.4 Å². The summed E-state index contributed by atoms with van der Waals surface area (Å²) in [5.74, 6) is 1.88. The van der Waals surface area contributed by atoms with Gasteiger partial charge in [-0.25, -0.2) is 4.39 Å². The van der Waals surface area contributed by atoms with Crippen LogP contribution in [0.25, 0.3) is 10.9 Å². The van der Waals surface area contributed by atoms with Gasteiger partial charge >= 0.3 is 0 Å². The van der Waals surface area contributed by atoms with Crippen molar-refractivity contribution in [1.82, 2.24) is 9.78 Å². The van der Waals surface area contributed by atoms with Gasteiger partial charge in [-0.05, 0) is 50.8 Å². The Bertz CT molecular complexity index is 1420. The molecule has 0 saturated carbocycles. The second kappa shape index (κ2) is 10.4. The Hall–Kier alpha value is -2.54. The first-order valence-electron chi connectivity index (χ1n) is 11.6. The van der Waals surface area contributed by atoms with Crippen LogP contribution in [0.4, 0.5) is 10.1 Å². The van der Waals surface area contributed by atoms with Crippen molar-refractivity contribution in [2.75, 3.05) is 0 Å². The highest BCUT2D eigenvalue weighted by Gasteiger charge is 2.42. The molecule has 6 nitrogen and oxygen atoms in total. The van der Waals surface area contributed by atoms with E-state index in [1.807, 2.05) is 0 Å². The highest BCUT2D eigenvalue weighted by molar-refractivity contribution is 9.10. The molecule has 0 aliphatic carbocycles. The van der Waals surface area contributed by atoms with Crippen LogP contribution in [0.15, 0.2) is 28.7 Å². The first kappa shape index (κ1) is 28.0. The van der Waals surface area contributed by atoms with Crippen LogP contribution in [0.2, 0.25) is 21.6 Å². The molecule has 0 radical (unpaired) electrons. The predicted molar refractivity (Wildman–Crippen MR) is 148 cm³/mol. The van der Waals surface area contributed by atoms with Crippen molar-refractivity contribution in [1.29, 1.82) is 0 Å². The van der Waals surface area contributed by atoms with Crippen LogP contribution in [0.3, 0.4) is 0 Å². The fourth-order valence-electron chi connectivity index (χ4n) is 5.19. The number of rotatable bonds is 6. The van der Waals surface area contributed by atoms with Gasteiger partial charge in [0.2, 0.25) is 5.78 Å². The van der Waals surface area contributed by atoms with Crippen molar-refractivity contribution < 1.29 is 14.1 Å². The Balaban J connectivity index is 2.32. The van der Waals surface area contributed by atoms with Crippen LogP contribution in [-0.2, 0) is 7.05 Å². The minimum absolute atomic E-state index is 0.00683. The Morgan fingerprint density at radius 1 is 1.17 bits per heavy atom. The molecule has 0 atom stereocenters. The molecule has 0 saturated heterocycles. The second-order valence-corrected chi connectivity index (χ2v) is 16.6. The highest BCUT2D eigenvalue weighted by Crippen LogP contribution is 2.41. The zero-order valence-corrected chi connectivity index (χ0v) is 24.6. The summed E-state index contributed by atoms with van der Waals surface area (Å²) in [6.45, 7) is 13.2. The molecule has 1 heterocycles. The van der Waals surface area contributed by atoms with Gasteiger partial charge < -0.3 is 0 Å². The summed E-state index contributed by atoms with van der Waals surface area (Å²) >= 11 is 9.50. The van der Waals surface area contributed by atoms with Crippen molar-refractivity contribution >= 4 is 58.0 Å². The van der Waals surface area contributed by atoms with Gasteiger partial charge in [0.1, 0.15) is 30.7 Å². The van der Waals surface area contributed by atoms with E-state index in [0.717, 1.165) is 12.1 Å². The minimum atomic E-state index is -2.08. The number of ketones is 1. The lowest BCUT2D eigenvalue weighted by Crippen LogP contribution is -2.43. The molecule has 0 unspecified atom stereocenters. The molecule has 0 aliphatic rings.